The zero-order valence-electron chi connectivity index (χ0n) is 18.3. The van der Waals surface area contributed by atoms with Gasteiger partial charge in [-0.15, -0.1) is 0 Å². The zero-order valence-corrected chi connectivity index (χ0v) is 18.3. The molecule has 0 aromatic heterocycles. The summed E-state index contributed by atoms with van der Waals surface area (Å²) in [6, 6.07) is 6.26. The fourth-order valence-electron chi connectivity index (χ4n) is 8.16. The van der Waals surface area contributed by atoms with E-state index in [1.807, 2.05) is 12.1 Å². The Balaban J connectivity index is 1.75. The number of ether oxygens (including phenoxy) is 3. The first-order valence-corrected chi connectivity index (χ1v) is 11.1. The number of piperidine rings is 1. The molecule has 2 saturated heterocycles. The van der Waals surface area contributed by atoms with E-state index in [0.717, 1.165) is 50.0 Å². The molecule has 3 heterocycles. The van der Waals surface area contributed by atoms with Crippen molar-refractivity contribution in [3.05, 3.63) is 35.4 Å². The fourth-order valence-corrected chi connectivity index (χ4v) is 8.16. The number of rotatable bonds is 2. The van der Waals surface area contributed by atoms with Crippen LogP contribution in [0.1, 0.15) is 37.7 Å². The van der Waals surface area contributed by atoms with Gasteiger partial charge in [-0.3, -0.25) is 9.80 Å². The Kier molecular flexibility index (Phi) is 3.73. The van der Waals surface area contributed by atoms with Crippen LogP contribution < -0.4 is 9.64 Å². The fraction of sp³-hybridized carbons (Fsp3) is 0.583. The van der Waals surface area contributed by atoms with Crippen molar-refractivity contribution in [3.8, 4) is 5.75 Å². The lowest BCUT2D eigenvalue weighted by molar-refractivity contribution is -0.139. The van der Waals surface area contributed by atoms with Crippen molar-refractivity contribution in [1.29, 1.82) is 0 Å². The van der Waals surface area contributed by atoms with Gasteiger partial charge in [-0.1, -0.05) is 18.2 Å². The average molecular weight is 424 g/mol. The van der Waals surface area contributed by atoms with Crippen molar-refractivity contribution in [3.63, 3.8) is 0 Å². The highest BCUT2D eigenvalue weighted by Gasteiger charge is 2.80. The van der Waals surface area contributed by atoms with Crippen molar-refractivity contribution in [2.45, 2.75) is 49.1 Å². The minimum atomic E-state index is -0.831. The van der Waals surface area contributed by atoms with Crippen LogP contribution in [0.5, 0.6) is 5.75 Å². The van der Waals surface area contributed by atoms with Gasteiger partial charge < -0.3 is 14.2 Å². The minimum Gasteiger partial charge on any atom is -0.495 e. The average Bonchev–Trinajstić information content (AvgIpc) is 3.34. The van der Waals surface area contributed by atoms with Gasteiger partial charge in [0.05, 0.1) is 38.1 Å². The van der Waals surface area contributed by atoms with E-state index in [1.54, 1.807) is 12.0 Å². The van der Waals surface area contributed by atoms with Crippen LogP contribution in [-0.4, -0.2) is 63.0 Å². The number of para-hydroxylation sites is 1. The predicted octanol–water partition coefficient (Wildman–Crippen LogP) is 3.02. The molecule has 3 aliphatic carbocycles. The van der Waals surface area contributed by atoms with E-state index < -0.39 is 11.6 Å². The number of anilines is 1. The molecule has 7 heteroatoms. The molecule has 3 aliphatic heterocycles. The van der Waals surface area contributed by atoms with E-state index in [2.05, 4.69) is 17.0 Å². The molecule has 3 spiro atoms. The highest BCUT2D eigenvalue weighted by Crippen LogP contribution is 2.74. The Morgan fingerprint density at radius 3 is 2.61 bits per heavy atom. The van der Waals surface area contributed by atoms with Crippen molar-refractivity contribution in [1.82, 2.24) is 4.90 Å². The van der Waals surface area contributed by atoms with Crippen LogP contribution in [0.3, 0.4) is 0 Å². The van der Waals surface area contributed by atoms with Gasteiger partial charge in [0.1, 0.15) is 5.75 Å². The first-order valence-electron chi connectivity index (χ1n) is 11.1. The maximum atomic E-state index is 13.4. The molecule has 31 heavy (non-hydrogen) atoms. The van der Waals surface area contributed by atoms with Crippen LogP contribution in [0.4, 0.5) is 10.5 Å². The molecule has 0 unspecified atom stereocenters. The molecule has 1 aromatic rings. The third-order valence-corrected chi connectivity index (χ3v) is 8.89. The van der Waals surface area contributed by atoms with Gasteiger partial charge >= 0.3 is 12.1 Å². The van der Waals surface area contributed by atoms with E-state index in [1.165, 1.54) is 14.2 Å². The van der Waals surface area contributed by atoms with Gasteiger partial charge in [-0.05, 0) is 56.8 Å². The summed E-state index contributed by atoms with van der Waals surface area (Å²) in [5, 5.41) is 0. The molecule has 6 aliphatic rings. The molecule has 3 fully saturated rings. The Bertz CT molecular complexity index is 1040. The summed E-state index contributed by atoms with van der Waals surface area (Å²) in [5.74, 6) is 0.290. The molecule has 0 radical (unpaired) electrons. The molecule has 0 N–H and O–H groups in total. The van der Waals surface area contributed by atoms with Crippen molar-refractivity contribution in [2.75, 3.05) is 39.3 Å². The van der Waals surface area contributed by atoms with Crippen molar-refractivity contribution >= 4 is 17.7 Å². The number of nitrogens with zero attached hydrogens (tertiary/aromatic N) is 2. The van der Waals surface area contributed by atoms with Crippen LogP contribution in [-0.2, 0) is 19.7 Å². The van der Waals surface area contributed by atoms with Crippen molar-refractivity contribution in [2.24, 2.45) is 5.41 Å². The SMILES string of the molecule is COC(=O)C1=C[C@@]23CCCN4CC[C@@]5(c6cccc(OC)c6N(C(=O)OC)[C@]15CC2)[C@@H]43. The first kappa shape index (κ1) is 19.2. The Labute approximate surface area is 181 Å². The number of hydrogen-bond donors (Lipinski definition) is 0. The second kappa shape index (κ2) is 6.03. The van der Waals surface area contributed by atoms with Gasteiger partial charge in [0, 0.05) is 16.9 Å². The molecular weight excluding hydrogens is 396 g/mol. The minimum absolute atomic E-state index is 0.0769. The molecule has 7 nitrogen and oxygen atoms in total. The first-order chi connectivity index (χ1) is 15.0. The zero-order chi connectivity index (χ0) is 21.6. The normalized spacial score (nSPS) is 36.9. The summed E-state index contributed by atoms with van der Waals surface area (Å²) >= 11 is 0. The lowest BCUT2D eigenvalue weighted by Gasteiger charge is -2.66. The maximum absolute atomic E-state index is 13.4. The van der Waals surface area contributed by atoms with E-state index in [0.29, 0.717) is 17.7 Å². The third-order valence-electron chi connectivity index (χ3n) is 8.89. The lowest BCUT2D eigenvalue weighted by atomic mass is 9.42. The van der Waals surface area contributed by atoms with Crippen LogP contribution >= 0.6 is 0 Å². The number of carbonyl (C=O) groups is 2. The van der Waals surface area contributed by atoms with Gasteiger partial charge in [0.15, 0.2) is 0 Å². The van der Waals surface area contributed by atoms with Gasteiger partial charge in [-0.25, -0.2) is 9.59 Å². The quantitative estimate of drug-likeness (QED) is 0.680. The lowest BCUT2D eigenvalue weighted by Crippen LogP contribution is -2.75. The molecule has 4 atom stereocenters. The third kappa shape index (κ3) is 1.87. The molecule has 7 rings (SSSR count). The Hall–Kier alpha value is -2.54. The maximum Gasteiger partial charge on any atom is 0.414 e. The van der Waals surface area contributed by atoms with Crippen LogP contribution in [0.25, 0.3) is 0 Å². The van der Waals surface area contributed by atoms with E-state index >= 15 is 0 Å². The van der Waals surface area contributed by atoms with E-state index in [4.69, 9.17) is 14.2 Å². The molecule has 1 saturated carbocycles. The summed E-state index contributed by atoms with van der Waals surface area (Å²) in [5.41, 5.74) is 1.17. The molecule has 1 aromatic carbocycles. The molecule has 1 amide bonds. The number of benzene rings is 1. The summed E-state index contributed by atoms with van der Waals surface area (Å²) in [6.45, 7) is 2.02. The number of esters is 1. The summed E-state index contributed by atoms with van der Waals surface area (Å²) in [6.07, 6.45) is 6.45. The van der Waals surface area contributed by atoms with E-state index in [-0.39, 0.29) is 22.8 Å². The molecule has 164 valence electrons. The number of hydrogen-bond acceptors (Lipinski definition) is 6. The van der Waals surface area contributed by atoms with Crippen LogP contribution in [0.2, 0.25) is 0 Å². The number of methoxy groups -OCH3 is 3. The highest BCUT2D eigenvalue weighted by molar-refractivity contribution is 6.04. The second-order valence-corrected chi connectivity index (χ2v) is 9.57. The van der Waals surface area contributed by atoms with Gasteiger partial charge in [-0.2, -0.15) is 0 Å². The number of amides is 1. The largest absolute Gasteiger partial charge is 0.495 e. The molecular formula is C24H28N2O5. The van der Waals surface area contributed by atoms with Gasteiger partial charge in [0.25, 0.3) is 0 Å². The smallest absolute Gasteiger partial charge is 0.414 e. The summed E-state index contributed by atoms with van der Waals surface area (Å²) in [4.78, 5) is 31.1. The Morgan fingerprint density at radius 1 is 1.03 bits per heavy atom. The number of carbonyl (C=O) groups excluding carboxylic acids is 2. The standard InChI is InChI=1S/C24H28N2O5/c1-29-17-7-4-6-15-18(17)26(21(28)31-3)24-10-9-22(14-16(24)19(27)30-2)8-5-12-25-13-11-23(15,24)20(22)25/h4,6-7,14,20H,5,8-13H2,1-3H3/t20-,22+,23+,24+/m0/s1. The van der Waals surface area contributed by atoms with Crippen LogP contribution in [0, 0.1) is 5.41 Å². The van der Waals surface area contributed by atoms with Crippen molar-refractivity contribution < 1.29 is 23.8 Å². The van der Waals surface area contributed by atoms with Crippen LogP contribution in [0.15, 0.2) is 29.8 Å². The molecule has 2 bridgehead atoms. The summed E-state index contributed by atoms with van der Waals surface area (Å²) < 4.78 is 16.4. The van der Waals surface area contributed by atoms with E-state index in [9.17, 15) is 9.59 Å². The Morgan fingerprint density at radius 2 is 1.87 bits per heavy atom. The van der Waals surface area contributed by atoms with Gasteiger partial charge in [0.2, 0.25) is 0 Å². The second-order valence-electron chi connectivity index (χ2n) is 9.57. The number of fused-ring (bicyclic) bond motifs is 2. The topological polar surface area (TPSA) is 68.3 Å². The monoisotopic (exact) mass is 424 g/mol. The summed E-state index contributed by atoms with van der Waals surface area (Å²) in [7, 11) is 4.45. The predicted molar refractivity (Wildman–Crippen MR) is 113 cm³/mol. The highest BCUT2D eigenvalue weighted by atomic mass is 16.5.